The van der Waals surface area contributed by atoms with Crippen molar-refractivity contribution in [2.45, 2.75) is 6.42 Å². The van der Waals surface area contributed by atoms with E-state index in [1.165, 1.54) is 0 Å². The minimum Gasteiger partial charge on any atom is -0.478 e. The molecule has 2 rings (SSSR count). The highest BCUT2D eigenvalue weighted by molar-refractivity contribution is 5.98. The fourth-order valence-corrected chi connectivity index (χ4v) is 2.03. The van der Waals surface area contributed by atoms with Crippen LogP contribution in [-0.4, -0.2) is 48.2 Å². The van der Waals surface area contributed by atoms with E-state index in [0.717, 1.165) is 5.56 Å². The monoisotopic (exact) mass is 275 g/mol. The first kappa shape index (κ1) is 14.3. The average molecular weight is 275 g/mol. The molecule has 0 saturated carbocycles. The summed E-state index contributed by atoms with van der Waals surface area (Å²) in [4.78, 5) is 25.0. The van der Waals surface area contributed by atoms with Gasteiger partial charge in [0.05, 0.1) is 19.6 Å². The minimum atomic E-state index is -1.06. The van der Waals surface area contributed by atoms with Crippen molar-refractivity contribution in [3.05, 3.63) is 41.5 Å². The number of carboxylic acid groups (broad SMARTS) is 1. The molecule has 1 saturated heterocycles. The molecule has 0 unspecified atom stereocenters. The lowest BCUT2D eigenvalue weighted by Gasteiger charge is -2.26. The molecule has 0 radical (unpaired) electrons. The van der Waals surface area contributed by atoms with Crippen molar-refractivity contribution in [3.63, 3.8) is 0 Å². The van der Waals surface area contributed by atoms with Crippen molar-refractivity contribution in [1.82, 2.24) is 4.90 Å². The summed E-state index contributed by atoms with van der Waals surface area (Å²) in [5.74, 6) is -1.23. The third-order valence-electron chi connectivity index (χ3n) is 3.12. The van der Waals surface area contributed by atoms with Gasteiger partial charge in [0.15, 0.2) is 0 Å². The van der Waals surface area contributed by atoms with E-state index in [4.69, 9.17) is 4.74 Å². The average Bonchev–Trinajstić information content (AvgIpc) is 2.48. The largest absolute Gasteiger partial charge is 0.478 e. The lowest BCUT2D eigenvalue weighted by molar-refractivity contribution is -0.138. The van der Waals surface area contributed by atoms with Gasteiger partial charge in [0.25, 0.3) is 0 Å². The number of ether oxygens (including phenoxy) is 1. The van der Waals surface area contributed by atoms with Gasteiger partial charge in [0.2, 0.25) is 5.91 Å². The molecular formula is C15H17NO4. The molecule has 1 aromatic carbocycles. The van der Waals surface area contributed by atoms with Crippen molar-refractivity contribution in [3.8, 4) is 0 Å². The Morgan fingerprint density at radius 3 is 2.45 bits per heavy atom. The van der Waals surface area contributed by atoms with E-state index >= 15 is 0 Å². The number of benzene rings is 1. The molecule has 1 heterocycles. The fourth-order valence-electron chi connectivity index (χ4n) is 2.03. The number of carboxylic acids is 1. The molecule has 1 amide bonds. The van der Waals surface area contributed by atoms with Crippen LogP contribution in [0.3, 0.4) is 0 Å². The van der Waals surface area contributed by atoms with E-state index in [1.807, 2.05) is 30.3 Å². The van der Waals surface area contributed by atoms with Crippen molar-refractivity contribution in [1.29, 1.82) is 0 Å². The Kier molecular flexibility index (Phi) is 4.90. The van der Waals surface area contributed by atoms with E-state index in [-0.39, 0.29) is 17.9 Å². The van der Waals surface area contributed by atoms with Gasteiger partial charge in [-0.25, -0.2) is 4.79 Å². The lowest BCUT2D eigenvalue weighted by atomic mass is 10.1. The Bertz CT molecular complexity index is 504. The predicted octanol–water partition coefficient (Wildman–Crippen LogP) is 1.40. The number of amides is 1. The molecule has 5 heteroatoms. The summed E-state index contributed by atoms with van der Waals surface area (Å²) < 4.78 is 5.17. The van der Waals surface area contributed by atoms with Crippen LogP contribution in [0.1, 0.15) is 12.0 Å². The summed E-state index contributed by atoms with van der Waals surface area (Å²) in [5, 5.41) is 9.22. The van der Waals surface area contributed by atoms with Crippen LogP contribution in [0, 0.1) is 0 Å². The maximum Gasteiger partial charge on any atom is 0.332 e. The second kappa shape index (κ2) is 6.86. The van der Waals surface area contributed by atoms with Gasteiger partial charge in [0, 0.05) is 18.7 Å². The van der Waals surface area contributed by atoms with Crippen LogP contribution in [-0.2, 0) is 14.3 Å². The molecule has 5 nitrogen and oxygen atoms in total. The summed E-state index contributed by atoms with van der Waals surface area (Å²) in [6, 6.07) is 9.13. The first-order valence-corrected chi connectivity index (χ1v) is 6.51. The van der Waals surface area contributed by atoms with E-state index in [1.54, 1.807) is 11.0 Å². The number of nitrogens with zero attached hydrogens (tertiary/aromatic N) is 1. The zero-order chi connectivity index (χ0) is 14.4. The van der Waals surface area contributed by atoms with Crippen molar-refractivity contribution in [2.24, 2.45) is 0 Å². The number of hydrogen-bond acceptors (Lipinski definition) is 3. The number of carbonyl (C=O) groups excluding carboxylic acids is 1. The number of morpholine rings is 1. The molecule has 106 valence electrons. The smallest absolute Gasteiger partial charge is 0.332 e. The van der Waals surface area contributed by atoms with E-state index in [9.17, 15) is 14.7 Å². The summed E-state index contributed by atoms with van der Waals surface area (Å²) in [6.45, 7) is 2.07. The van der Waals surface area contributed by atoms with Gasteiger partial charge in [-0.05, 0) is 11.6 Å². The highest BCUT2D eigenvalue weighted by atomic mass is 16.5. The van der Waals surface area contributed by atoms with E-state index < -0.39 is 5.97 Å². The van der Waals surface area contributed by atoms with Gasteiger partial charge >= 0.3 is 5.97 Å². The second-order valence-corrected chi connectivity index (χ2v) is 4.56. The number of carbonyl (C=O) groups is 2. The molecule has 0 aromatic heterocycles. The van der Waals surface area contributed by atoms with Gasteiger partial charge in [-0.15, -0.1) is 0 Å². The summed E-state index contributed by atoms with van der Waals surface area (Å²) in [7, 11) is 0. The van der Waals surface area contributed by atoms with Gasteiger partial charge in [-0.3, -0.25) is 4.79 Å². The standard InChI is InChI=1S/C15H17NO4/c17-14(16-6-8-20-9-7-16)11-13(15(18)19)10-12-4-2-1-3-5-12/h1-5,10H,6-9,11H2,(H,18,19)/b13-10+. The van der Waals surface area contributed by atoms with E-state index in [2.05, 4.69) is 0 Å². The van der Waals surface area contributed by atoms with Gasteiger partial charge in [-0.1, -0.05) is 30.3 Å². The molecule has 0 atom stereocenters. The maximum atomic E-state index is 12.1. The summed E-state index contributed by atoms with van der Waals surface area (Å²) in [6.07, 6.45) is 1.45. The van der Waals surface area contributed by atoms with Crippen LogP contribution < -0.4 is 0 Å². The lowest BCUT2D eigenvalue weighted by Crippen LogP contribution is -2.41. The molecule has 0 aliphatic carbocycles. The zero-order valence-electron chi connectivity index (χ0n) is 11.1. The number of aliphatic carboxylic acids is 1. The molecule has 1 N–H and O–H groups in total. The Balaban J connectivity index is 2.08. The molecule has 0 bridgehead atoms. The third-order valence-corrected chi connectivity index (χ3v) is 3.12. The van der Waals surface area contributed by atoms with Gasteiger partial charge in [-0.2, -0.15) is 0 Å². The van der Waals surface area contributed by atoms with Crippen LogP contribution >= 0.6 is 0 Å². The van der Waals surface area contributed by atoms with Gasteiger partial charge < -0.3 is 14.7 Å². The summed E-state index contributed by atoms with van der Waals surface area (Å²) in [5.41, 5.74) is 0.882. The second-order valence-electron chi connectivity index (χ2n) is 4.56. The Hall–Kier alpha value is -2.14. The highest BCUT2D eigenvalue weighted by Gasteiger charge is 2.20. The molecule has 1 aliphatic heterocycles. The zero-order valence-corrected chi connectivity index (χ0v) is 11.1. The normalized spacial score (nSPS) is 16.0. The van der Waals surface area contributed by atoms with Crippen LogP contribution in [0.2, 0.25) is 0 Å². The quantitative estimate of drug-likeness (QED) is 0.844. The maximum absolute atomic E-state index is 12.1. The predicted molar refractivity (Wildman–Crippen MR) is 74.1 cm³/mol. The van der Waals surface area contributed by atoms with E-state index in [0.29, 0.717) is 26.3 Å². The van der Waals surface area contributed by atoms with Crippen molar-refractivity contribution < 1.29 is 19.4 Å². The molecule has 1 aliphatic rings. The summed E-state index contributed by atoms with van der Waals surface area (Å²) >= 11 is 0. The highest BCUT2D eigenvalue weighted by Crippen LogP contribution is 2.12. The van der Waals surface area contributed by atoms with Crippen molar-refractivity contribution >= 4 is 18.0 Å². The topological polar surface area (TPSA) is 66.8 Å². The Labute approximate surface area is 117 Å². The van der Waals surface area contributed by atoms with Crippen LogP contribution in [0.5, 0.6) is 0 Å². The number of hydrogen-bond donors (Lipinski definition) is 1. The Morgan fingerprint density at radius 2 is 1.85 bits per heavy atom. The first-order valence-electron chi connectivity index (χ1n) is 6.51. The molecule has 20 heavy (non-hydrogen) atoms. The SMILES string of the molecule is O=C(O)/C(=C/c1ccccc1)CC(=O)N1CCOCC1. The third kappa shape index (κ3) is 3.93. The molecule has 1 aromatic rings. The van der Waals surface area contributed by atoms with Crippen LogP contribution in [0.4, 0.5) is 0 Å². The fraction of sp³-hybridized carbons (Fsp3) is 0.333. The first-order chi connectivity index (χ1) is 9.66. The van der Waals surface area contributed by atoms with Crippen molar-refractivity contribution in [2.75, 3.05) is 26.3 Å². The molecule has 0 spiro atoms. The number of rotatable bonds is 4. The van der Waals surface area contributed by atoms with Crippen LogP contribution in [0.25, 0.3) is 6.08 Å². The van der Waals surface area contributed by atoms with Crippen LogP contribution in [0.15, 0.2) is 35.9 Å². The van der Waals surface area contributed by atoms with Gasteiger partial charge in [0.1, 0.15) is 0 Å². The minimum absolute atomic E-state index is 0.0930. The molecule has 1 fully saturated rings. The molecular weight excluding hydrogens is 258 g/mol. The Morgan fingerprint density at radius 1 is 1.20 bits per heavy atom.